The summed E-state index contributed by atoms with van der Waals surface area (Å²) >= 11 is 0. The second kappa shape index (κ2) is 5.32. The van der Waals surface area contributed by atoms with Crippen LogP contribution in [-0.4, -0.2) is 0 Å². The van der Waals surface area contributed by atoms with Crippen molar-refractivity contribution in [3.05, 3.63) is 59.4 Å². The summed E-state index contributed by atoms with van der Waals surface area (Å²) < 4.78 is 44.7. The molecule has 2 rings (SSSR count). The monoisotopic (exact) mass is 267 g/mol. The number of nitrogens with two attached hydrogens (primary N) is 1. The molecule has 0 spiro atoms. The van der Waals surface area contributed by atoms with Crippen LogP contribution in [0.3, 0.4) is 0 Å². The molecule has 5 heteroatoms. The Balaban J connectivity index is 2.38. The molecule has 1 unspecified atom stereocenters. The summed E-state index contributed by atoms with van der Waals surface area (Å²) in [6.07, 6.45) is 0. The Kier molecular flexibility index (Phi) is 3.76. The van der Waals surface area contributed by atoms with Gasteiger partial charge in [-0.05, 0) is 37.3 Å². The molecule has 100 valence electrons. The van der Waals surface area contributed by atoms with Gasteiger partial charge in [-0.1, -0.05) is 0 Å². The molecule has 0 saturated carbocycles. The minimum Gasteiger partial charge on any atom is -0.454 e. The van der Waals surface area contributed by atoms with Crippen LogP contribution < -0.4 is 10.5 Å². The number of hydrogen-bond donors (Lipinski definition) is 1. The Hall–Kier alpha value is -2.01. The smallest absolute Gasteiger partial charge is 0.168 e. The first kappa shape index (κ1) is 13.4. The predicted molar refractivity (Wildman–Crippen MR) is 65.4 cm³/mol. The summed E-state index contributed by atoms with van der Waals surface area (Å²) in [6.45, 7) is 1.66. The first-order valence-corrected chi connectivity index (χ1v) is 5.65. The molecule has 19 heavy (non-hydrogen) atoms. The van der Waals surface area contributed by atoms with E-state index in [0.29, 0.717) is 11.6 Å². The van der Waals surface area contributed by atoms with Gasteiger partial charge < -0.3 is 10.5 Å². The fourth-order valence-corrected chi connectivity index (χ4v) is 1.64. The molecule has 2 nitrogen and oxygen atoms in total. The molecule has 2 N–H and O–H groups in total. The molecule has 0 radical (unpaired) electrons. The van der Waals surface area contributed by atoms with Crippen LogP contribution in [0.2, 0.25) is 0 Å². The third-order valence-corrected chi connectivity index (χ3v) is 2.58. The van der Waals surface area contributed by atoms with Crippen LogP contribution in [-0.2, 0) is 0 Å². The average Bonchev–Trinajstić information content (AvgIpc) is 2.34. The second-order valence-electron chi connectivity index (χ2n) is 4.15. The molecule has 0 fully saturated rings. The van der Waals surface area contributed by atoms with Gasteiger partial charge in [0.2, 0.25) is 0 Å². The quantitative estimate of drug-likeness (QED) is 0.914. The predicted octanol–water partition coefficient (Wildman–Crippen LogP) is 3.92. The van der Waals surface area contributed by atoms with Crippen LogP contribution in [0.5, 0.6) is 11.5 Å². The van der Waals surface area contributed by atoms with E-state index < -0.39 is 23.5 Å². The summed E-state index contributed by atoms with van der Waals surface area (Å²) in [5.41, 5.74) is 6.11. The van der Waals surface area contributed by atoms with Crippen molar-refractivity contribution >= 4 is 0 Å². The zero-order valence-corrected chi connectivity index (χ0v) is 10.2. The van der Waals surface area contributed by atoms with E-state index in [9.17, 15) is 13.2 Å². The molecule has 0 aliphatic heterocycles. The highest BCUT2D eigenvalue weighted by Crippen LogP contribution is 2.31. The summed E-state index contributed by atoms with van der Waals surface area (Å²) in [4.78, 5) is 0. The Morgan fingerprint density at radius 1 is 0.947 bits per heavy atom. The largest absolute Gasteiger partial charge is 0.454 e. The number of benzene rings is 2. The molecule has 2 aromatic carbocycles. The molecule has 0 heterocycles. The topological polar surface area (TPSA) is 35.2 Å². The lowest BCUT2D eigenvalue weighted by Gasteiger charge is -2.14. The second-order valence-corrected chi connectivity index (χ2v) is 4.15. The van der Waals surface area contributed by atoms with Crippen molar-refractivity contribution in [3.8, 4) is 11.5 Å². The lowest BCUT2D eigenvalue weighted by atomic mass is 10.1. The van der Waals surface area contributed by atoms with Crippen molar-refractivity contribution in [3.63, 3.8) is 0 Å². The van der Waals surface area contributed by atoms with Gasteiger partial charge in [0, 0.05) is 17.7 Å². The van der Waals surface area contributed by atoms with E-state index in [1.54, 1.807) is 6.92 Å². The van der Waals surface area contributed by atoms with Crippen LogP contribution in [0.1, 0.15) is 18.5 Å². The van der Waals surface area contributed by atoms with Crippen molar-refractivity contribution in [2.75, 3.05) is 0 Å². The Labute approximate surface area is 108 Å². The highest BCUT2D eigenvalue weighted by atomic mass is 19.1. The fourth-order valence-electron chi connectivity index (χ4n) is 1.64. The van der Waals surface area contributed by atoms with Gasteiger partial charge in [0.15, 0.2) is 11.6 Å². The molecule has 0 aliphatic rings. The van der Waals surface area contributed by atoms with Crippen LogP contribution in [0.4, 0.5) is 13.2 Å². The number of rotatable bonds is 3. The molecule has 0 saturated heterocycles. The summed E-state index contributed by atoms with van der Waals surface area (Å²) in [5, 5.41) is 0. The van der Waals surface area contributed by atoms with E-state index in [0.717, 1.165) is 6.07 Å². The summed E-state index contributed by atoms with van der Waals surface area (Å²) in [6, 6.07) is 6.24. The van der Waals surface area contributed by atoms with E-state index in [-0.39, 0.29) is 11.5 Å². The molecule has 2 aromatic rings. The Bertz CT molecular complexity index is 599. The van der Waals surface area contributed by atoms with Crippen molar-refractivity contribution in [1.29, 1.82) is 0 Å². The van der Waals surface area contributed by atoms with Gasteiger partial charge >= 0.3 is 0 Å². The van der Waals surface area contributed by atoms with E-state index >= 15 is 0 Å². The van der Waals surface area contributed by atoms with Crippen LogP contribution >= 0.6 is 0 Å². The molecular weight excluding hydrogens is 255 g/mol. The first-order valence-electron chi connectivity index (χ1n) is 5.65. The minimum atomic E-state index is -0.833. The van der Waals surface area contributed by atoms with Gasteiger partial charge in [0.25, 0.3) is 0 Å². The van der Waals surface area contributed by atoms with Gasteiger partial charge in [-0.25, -0.2) is 13.2 Å². The van der Waals surface area contributed by atoms with Crippen LogP contribution in [0, 0.1) is 17.5 Å². The van der Waals surface area contributed by atoms with Crippen LogP contribution in [0.25, 0.3) is 0 Å². The number of ether oxygens (including phenoxy) is 1. The molecule has 0 amide bonds. The Morgan fingerprint density at radius 2 is 1.53 bits per heavy atom. The molecule has 0 bridgehead atoms. The fraction of sp³-hybridized carbons (Fsp3) is 0.143. The number of hydrogen-bond acceptors (Lipinski definition) is 2. The van der Waals surface area contributed by atoms with Crippen LogP contribution in [0.15, 0.2) is 36.4 Å². The van der Waals surface area contributed by atoms with Gasteiger partial charge in [0.1, 0.15) is 17.4 Å². The third-order valence-electron chi connectivity index (χ3n) is 2.58. The maximum absolute atomic E-state index is 13.5. The SMILES string of the molecule is CC(N)c1cc(F)ccc1Oc1ccc(F)cc1F. The summed E-state index contributed by atoms with van der Waals surface area (Å²) in [5.74, 6) is -1.90. The standard InChI is InChI=1S/C14H12F3NO/c1-8(18)11-6-9(15)2-4-13(11)19-14-5-3-10(16)7-12(14)17/h2-8H,18H2,1H3. The van der Waals surface area contributed by atoms with E-state index in [4.69, 9.17) is 10.5 Å². The number of halogens is 3. The van der Waals surface area contributed by atoms with Gasteiger partial charge in [-0.2, -0.15) is 0 Å². The Morgan fingerprint density at radius 3 is 2.11 bits per heavy atom. The normalized spacial score (nSPS) is 12.3. The molecule has 0 aliphatic carbocycles. The summed E-state index contributed by atoms with van der Waals surface area (Å²) in [7, 11) is 0. The lowest BCUT2D eigenvalue weighted by Crippen LogP contribution is -2.07. The minimum absolute atomic E-state index is 0.144. The zero-order chi connectivity index (χ0) is 14.0. The van der Waals surface area contributed by atoms with Crippen molar-refractivity contribution in [2.24, 2.45) is 5.73 Å². The molecule has 0 aromatic heterocycles. The van der Waals surface area contributed by atoms with Crippen molar-refractivity contribution < 1.29 is 17.9 Å². The highest BCUT2D eigenvalue weighted by Gasteiger charge is 2.13. The molecular formula is C14H12F3NO. The van der Waals surface area contributed by atoms with E-state index in [1.807, 2.05) is 0 Å². The van der Waals surface area contributed by atoms with E-state index in [2.05, 4.69) is 0 Å². The van der Waals surface area contributed by atoms with Gasteiger partial charge in [-0.15, -0.1) is 0 Å². The van der Waals surface area contributed by atoms with Crippen molar-refractivity contribution in [1.82, 2.24) is 0 Å². The van der Waals surface area contributed by atoms with Gasteiger partial charge in [-0.3, -0.25) is 0 Å². The first-order chi connectivity index (χ1) is 8.97. The maximum atomic E-state index is 13.5. The average molecular weight is 267 g/mol. The lowest BCUT2D eigenvalue weighted by molar-refractivity contribution is 0.429. The zero-order valence-electron chi connectivity index (χ0n) is 10.2. The third kappa shape index (κ3) is 3.06. The maximum Gasteiger partial charge on any atom is 0.168 e. The molecule has 1 atom stereocenters. The van der Waals surface area contributed by atoms with E-state index in [1.165, 1.54) is 24.3 Å². The highest BCUT2D eigenvalue weighted by molar-refractivity contribution is 5.40. The van der Waals surface area contributed by atoms with Gasteiger partial charge in [0.05, 0.1) is 0 Å². The van der Waals surface area contributed by atoms with Crippen molar-refractivity contribution in [2.45, 2.75) is 13.0 Å².